The van der Waals surface area contributed by atoms with E-state index in [9.17, 15) is 4.39 Å². The van der Waals surface area contributed by atoms with Gasteiger partial charge in [0.1, 0.15) is 5.82 Å². The van der Waals surface area contributed by atoms with Crippen LogP contribution in [0, 0.1) is 5.82 Å². The Balaban J connectivity index is 2.45. The van der Waals surface area contributed by atoms with Crippen LogP contribution in [0.25, 0.3) is 0 Å². The monoisotopic (exact) mass is 229 g/mol. The highest BCUT2D eigenvalue weighted by Crippen LogP contribution is 2.45. The fourth-order valence-corrected chi connectivity index (χ4v) is 2.04. The van der Waals surface area contributed by atoms with Crippen molar-refractivity contribution in [2.24, 2.45) is 5.73 Å². The van der Waals surface area contributed by atoms with Crippen LogP contribution >= 0.6 is 15.9 Å². The van der Waals surface area contributed by atoms with E-state index >= 15 is 0 Å². The number of hydrogen-bond acceptors (Lipinski definition) is 1. The van der Waals surface area contributed by atoms with Gasteiger partial charge in [-0.15, -0.1) is 0 Å². The summed E-state index contributed by atoms with van der Waals surface area (Å²) in [6.45, 7) is 0. The molecule has 0 aromatic heterocycles. The Labute approximate surface area is 78.9 Å². The molecule has 1 aliphatic carbocycles. The van der Waals surface area contributed by atoms with Gasteiger partial charge in [-0.1, -0.05) is 22.0 Å². The molecule has 0 amide bonds. The van der Waals surface area contributed by atoms with E-state index in [1.165, 1.54) is 12.1 Å². The van der Waals surface area contributed by atoms with Crippen molar-refractivity contribution < 1.29 is 4.39 Å². The minimum atomic E-state index is -0.227. The second-order valence-electron chi connectivity index (χ2n) is 3.28. The quantitative estimate of drug-likeness (QED) is 0.788. The van der Waals surface area contributed by atoms with E-state index in [2.05, 4.69) is 15.9 Å². The molecule has 0 radical (unpaired) electrons. The van der Waals surface area contributed by atoms with Crippen LogP contribution in [0.15, 0.2) is 22.7 Å². The Bertz CT molecular complexity index is 320. The first-order chi connectivity index (χ1) is 5.62. The van der Waals surface area contributed by atoms with Gasteiger partial charge in [-0.05, 0) is 30.5 Å². The van der Waals surface area contributed by atoms with Crippen molar-refractivity contribution in [3.63, 3.8) is 0 Å². The van der Waals surface area contributed by atoms with E-state index in [1.807, 2.05) is 0 Å². The molecule has 3 heteroatoms. The maximum atomic E-state index is 12.7. The molecule has 2 N–H and O–H groups in total. The topological polar surface area (TPSA) is 26.0 Å². The zero-order valence-corrected chi connectivity index (χ0v) is 8.07. The fraction of sp³-hybridized carbons (Fsp3) is 0.333. The van der Waals surface area contributed by atoms with Gasteiger partial charge in [0.05, 0.1) is 0 Å². The van der Waals surface area contributed by atoms with Crippen LogP contribution in [-0.4, -0.2) is 0 Å². The minimum absolute atomic E-state index is 0.188. The van der Waals surface area contributed by atoms with Crippen LogP contribution < -0.4 is 5.73 Å². The van der Waals surface area contributed by atoms with Crippen molar-refractivity contribution in [3.8, 4) is 0 Å². The van der Waals surface area contributed by atoms with E-state index in [1.54, 1.807) is 6.07 Å². The molecule has 0 aliphatic heterocycles. The summed E-state index contributed by atoms with van der Waals surface area (Å²) in [6.07, 6.45) is 1.99. The fourth-order valence-electron chi connectivity index (χ4n) is 1.30. The number of nitrogens with two attached hydrogens (primary N) is 1. The Morgan fingerprint density at radius 1 is 1.42 bits per heavy atom. The number of hydrogen-bond donors (Lipinski definition) is 1. The third-order valence-electron chi connectivity index (χ3n) is 2.26. The van der Waals surface area contributed by atoms with Crippen LogP contribution in [-0.2, 0) is 5.54 Å². The molecule has 64 valence electrons. The van der Waals surface area contributed by atoms with E-state index in [-0.39, 0.29) is 11.4 Å². The Morgan fingerprint density at radius 3 is 2.58 bits per heavy atom. The number of halogens is 2. The van der Waals surface area contributed by atoms with E-state index in [4.69, 9.17) is 5.73 Å². The van der Waals surface area contributed by atoms with E-state index in [0.29, 0.717) is 0 Å². The summed E-state index contributed by atoms with van der Waals surface area (Å²) in [7, 11) is 0. The minimum Gasteiger partial charge on any atom is -0.321 e. The normalized spacial score (nSPS) is 19.2. The molecule has 1 nitrogen and oxygen atoms in total. The van der Waals surface area contributed by atoms with Crippen LogP contribution in [0.3, 0.4) is 0 Å². The molecule has 1 fully saturated rings. The Kier molecular flexibility index (Phi) is 1.73. The lowest BCUT2D eigenvalue weighted by molar-refractivity contribution is 0.623. The molecule has 12 heavy (non-hydrogen) atoms. The summed E-state index contributed by atoms with van der Waals surface area (Å²) >= 11 is 3.30. The van der Waals surface area contributed by atoms with Crippen molar-refractivity contribution >= 4 is 15.9 Å². The first-order valence-corrected chi connectivity index (χ1v) is 4.65. The zero-order chi connectivity index (χ0) is 8.77. The first kappa shape index (κ1) is 8.20. The van der Waals surface area contributed by atoms with Gasteiger partial charge in [0.2, 0.25) is 0 Å². The summed E-state index contributed by atoms with van der Waals surface area (Å²) < 4.78 is 13.5. The average molecular weight is 230 g/mol. The van der Waals surface area contributed by atoms with Gasteiger partial charge in [0.25, 0.3) is 0 Å². The van der Waals surface area contributed by atoms with Gasteiger partial charge in [-0.3, -0.25) is 0 Å². The SMILES string of the molecule is NC1(c2ccc(F)cc2Br)CC1. The Hall–Kier alpha value is -0.410. The molecule has 1 aromatic rings. The van der Waals surface area contributed by atoms with Crippen LogP contribution in [0.1, 0.15) is 18.4 Å². The largest absolute Gasteiger partial charge is 0.321 e. The summed E-state index contributed by atoms with van der Waals surface area (Å²) in [5, 5.41) is 0. The smallest absolute Gasteiger partial charge is 0.124 e. The lowest BCUT2D eigenvalue weighted by Crippen LogP contribution is -2.19. The molecular weight excluding hydrogens is 221 g/mol. The molecule has 0 saturated heterocycles. The molecule has 1 aromatic carbocycles. The van der Waals surface area contributed by atoms with Gasteiger partial charge < -0.3 is 5.73 Å². The third kappa shape index (κ3) is 1.27. The van der Waals surface area contributed by atoms with E-state index in [0.717, 1.165) is 22.9 Å². The van der Waals surface area contributed by atoms with Crippen LogP contribution in [0.2, 0.25) is 0 Å². The summed E-state index contributed by atoms with van der Waals surface area (Å²) in [6, 6.07) is 4.67. The molecule has 0 heterocycles. The molecule has 0 spiro atoms. The van der Waals surface area contributed by atoms with Crippen molar-refractivity contribution in [3.05, 3.63) is 34.1 Å². The van der Waals surface area contributed by atoms with Crippen molar-refractivity contribution in [1.29, 1.82) is 0 Å². The maximum absolute atomic E-state index is 12.7. The molecule has 0 unspecified atom stereocenters. The van der Waals surface area contributed by atoms with Gasteiger partial charge in [-0.2, -0.15) is 0 Å². The second kappa shape index (κ2) is 2.54. The van der Waals surface area contributed by atoms with Crippen molar-refractivity contribution in [1.82, 2.24) is 0 Å². The van der Waals surface area contributed by atoms with Gasteiger partial charge in [0.15, 0.2) is 0 Å². The predicted octanol–water partition coefficient (Wildman–Crippen LogP) is 2.54. The van der Waals surface area contributed by atoms with Crippen molar-refractivity contribution in [2.45, 2.75) is 18.4 Å². The highest BCUT2D eigenvalue weighted by atomic mass is 79.9. The molecule has 0 atom stereocenters. The third-order valence-corrected chi connectivity index (χ3v) is 2.91. The molecule has 2 rings (SSSR count). The van der Waals surface area contributed by atoms with Gasteiger partial charge in [-0.25, -0.2) is 4.39 Å². The van der Waals surface area contributed by atoms with Gasteiger partial charge >= 0.3 is 0 Å². The lowest BCUT2D eigenvalue weighted by atomic mass is 10.1. The summed E-state index contributed by atoms with van der Waals surface area (Å²) in [5.41, 5.74) is 6.80. The highest BCUT2D eigenvalue weighted by molar-refractivity contribution is 9.10. The van der Waals surface area contributed by atoms with E-state index < -0.39 is 0 Å². The molecular formula is C9H9BrFN. The average Bonchev–Trinajstić information content (AvgIpc) is 2.68. The molecule has 0 bridgehead atoms. The number of benzene rings is 1. The van der Waals surface area contributed by atoms with Gasteiger partial charge in [0, 0.05) is 10.0 Å². The van der Waals surface area contributed by atoms with Crippen LogP contribution in [0.4, 0.5) is 4.39 Å². The molecule has 1 aliphatic rings. The highest BCUT2D eigenvalue weighted by Gasteiger charge is 2.41. The summed E-state index contributed by atoms with van der Waals surface area (Å²) in [5.74, 6) is -0.227. The van der Waals surface area contributed by atoms with Crippen LogP contribution in [0.5, 0.6) is 0 Å². The summed E-state index contributed by atoms with van der Waals surface area (Å²) in [4.78, 5) is 0. The van der Waals surface area contributed by atoms with Crippen molar-refractivity contribution in [2.75, 3.05) is 0 Å². The molecule has 1 saturated carbocycles. The second-order valence-corrected chi connectivity index (χ2v) is 4.13. The first-order valence-electron chi connectivity index (χ1n) is 3.86. The zero-order valence-electron chi connectivity index (χ0n) is 6.48. The number of rotatable bonds is 1. The Morgan fingerprint density at radius 2 is 2.08 bits per heavy atom. The predicted molar refractivity (Wildman–Crippen MR) is 49.2 cm³/mol. The lowest BCUT2D eigenvalue weighted by Gasteiger charge is -2.10. The maximum Gasteiger partial charge on any atom is 0.124 e. The standard InChI is InChI=1S/C9H9BrFN/c10-8-5-6(11)1-2-7(8)9(12)3-4-9/h1-2,5H,3-4,12H2.